The number of rotatable bonds is 5. The van der Waals surface area contributed by atoms with E-state index >= 15 is 0 Å². The van der Waals surface area contributed by atoms with E-state index in [1.54, 1.807) is 6.20 Å². The highest BCUT2D eigenvalue weighted by molar-refractivity contribution is 5.62. The summed E-state index contributed by atoms with van der Waals surface area (Å²) < 4.78 is 0. The largest absolute Gasteiger partial charge is 0.367 e. The molecular weight excluding hydrogens is 320 g/mol. The Bertz CT molecular complexity index is 833. The Balaban J connectivity index is 2.02. The number of hydrogen-bond acceptors (Lipinski definition) is 4. The monoisotopic (exact) mass is 348 g/mol. The van der Waals surface area contributed by atoms with Crippen LogP contribution >= 0.6 is 0 Å². The number of fused-ring (bicyclic) bond motifs is 1. The summed E-state index contributed by atoms with van der Waals surface area (Å²) in [6.07, 6.45) is 4.80. The molecule has 2 aromatic rings. The van der Waals surface area contributed by atoms with E-state index in [-0.39, 0.29) is 5.41 Å². The highest BCUT2D eigenvalue weighted by Gasteiger charge is 2.32. The quantitative estimate of drug-likeness (QED) is 0.894. The normalized spacial score (nSPS) is 15.4. The molecule has 0 atom stereocenters. The van der Waals surface area contributed by atoms with Crippen molar-refractivity contribution in [3.63, 3.8) is 0 Å². The summed E-state index contributed by atoms with van der Waals surface area (Å²) in [5, 5.41) is 9.11. The van der Waals surface area contributed by atoms with Crippen molar-refractivity contribution >= 4 is 5.69 Å². The Kier molecular flexibility index (Phi) is 5.29. The molecule has 0 aliphatic carbocycles. The van der Waals surface area contributed by atoms with E-state index < -0.39 is 0 Å². The molecule has 2 N–H and O–H groups in total. The van der Waals surface area contributed by atoms with Crippen LogP contribution in [-0.4, -0.2) is 18.1 Å². The average Bonchev–Trinajstić information content (AvgIpc) is 2.64. The Morgan fingerprint density at radius 1 is 1.27 bits per heavy atom. The summed E-state index contributed by atoms with van der Waals surface area (Å²) in [6, 6.07) is 10.8. The van der Waals surface area contributed by atoms with Gasteiger partial charge in [0.05, 0.1) is 0 Å². The van der Waals surface area contributed by atoms with Gasteiger partial charge < -0.3 is 10.6 Å². The fraction of sp³-hybridized carbons (Fsp3) is 0.455. The second-order valence-electron chi connectivity index (χ2n) is 7.75. The van der Waals surface area contributed by atoms with Crippen LogP contribution in [0.5, 0.6) is 0 Å². The number of anilines is 1. The molecule has 4 nitrogen and oxygen atoms in total. The van der Waals surface area contributed by atoms with E-state index in [1.165, 1.54) is 22.4 Å². The minimum Gasteiger partial charge on any atom is -0.367 e. The molecule has 0 saturated carbocycles. The van der Waals surface area contributed by atoms with Gasteiger partial charge in [0.25, 0.3) is 0 Å². The van der Waals surface area contributed by atoms with Crippen molar-refractivity contribution in [3.8, 4) is 6.07 Å². The fourth-order valence-corrected chi connectivity index (χ4v) is 3.89. The third-order valence-electron chi connectivity index (χ3n) is 5.50. The van der Waals surface area contributed by atoms with Gasteiger partial charge in [-0.1, -0.05) is 26.8 Å². The summed E-state index contributed by atoms with van der Waals surface area (Å²) in [5.41, 5.74) is 13.2. The molecule has 1 aliphatic heterocycles. The molecule has 1 aromatic heterocycles. The molecule has 3 rings (SSSR count). The Morgan fingerprint density at radius 3 is 2.77 bits per heavy atom. The van der Waals surface area contributed by atoms with Gasteiger partial charge in [0.1, 0.15) is 11.8 Å². The van der Waals surface area contributed by atoms with Crippen molar-refractivity contribution < 1.29 is 0 Å². The predicted molar refractivity (Wildman–Crippen MR) is 106 cm³/mol. The summed E-state index contributed by atoms with van der Waals surface area (Å²) in [5.74, 6) is 0. The van der Waals surface area contributed by atoms with E-state index in [0.29, 0.717) is 12.2 Å². The molecule has 0 spiro atoms. The first-order valence-corrected chi connectivity index (χ1v) is 9.45. The molecule has 1 aliphatic rings. The smallest absolute Gasteiger partial charge is 0.140 e. The molecule has 0 amide bonds. The lowest BCUT2D eigenvalue weighted by molar-refractivity contribution is 0.452. The van der Waals surface area contributed by atoms with Crippen molar-refractivity contribution in [2.45, 2.75) is 52.0 Å². The van der Waals surface area contributed by atoms with Crippen molar-refractivity contribution in [1.82, 2.24) is 4.98 Å². The van der Waals surface area contributed by atoms with E-state index in [2.05, 4.69) is 48.9 Å². The Morgan fingerprint density at radius 2 is 2.08 bits per heavy atom. The maximum atomic E-state index is 9.11. The van der Waals surface area contributed by atoms with Crippen LogP contribution in [-0.2, 0) is 24.8 Å². The van der Waals surface area contributed by atoms with Gasteiger partial charge in [-0.05, 0) is 71.7 Å². The van der Waals surface area contributed by atoms with Crippen LogP contribution in [0.4, 0.5) is 5.69 Å². The van der Waals surface area contributed by atoms with Gasteiger partial charge in [-0.25, -0.2) is 4.98 Å². The zero-order chi connectivity index (χ0) is 18.7. The van der Waals surface area contributed by atoms with Crippen molar-refractivity contribution in [2.75, 3.05) is 18.0 Å². The number of nitriles is 1. The lowest BCUT2D eigenvalue weighted by Crippen LogP contribution is -2.37. The Hall–Kier alpha value is -2.38. The standard InChI is InChI=1S/C22H28N4/c1-4-17-12-20-21(13-18(17)5-8-23)26(10-7-22(20,2)3)15-16-6-9-25-19(11-16)14-24/h6,9,11-13H,4-5,7-8,10,15,23H2,1-3H3. The van der Waals surface area contributed by atoms with Gasteiger partial charge in [0, 0.05) is 25.0 Å². The second-order valence-corrected chi connectivity index (χ2v) is 7.75. The molecular formula is C22H28N4. The summed E-state index contributed by atoms with van der Waals surface area (Å²) in [7, 11) is 0. The van der Waals surface area contributed by atoms with E-state index in [1.807, 2.05) is 12.1 Å². The number of nitrogens with zero attached hydrogens (tertiary/aromatic N) is 3. The minimum absolute atomic E-state index is 0.174. The lowest BCUT2D eigenvalue weighted by atomic mass is 9.76. The van der Waals surface area contributed by atoms with Crippen LogP contribution in [0.2, 0.25) is 0 Å². The van der Waals surface area contributed by atoms with Crippen LogP contribution in [0.3, 0.4) is 0 Å². The Labute approximate surface area is 156 Å². The van der Waals surface area contributed by atoms with Gasteiger partial charge in [0.15, 0.2) is 0 Å². The highest BCUT2D eigenvalue weighted by atomic mass is 15.1. The van der Waals surface area contributed by atoms with E-state index in [9.17, 15) is 0 Å². The van der Waals surface area contributed by atoms with Gasteiger partial charge in [0.2, 0.25) is 0 Å². The maximum Gasteiger partial charge on any atom is 0.140 e. The van der Waals surface area contributed by atoms with Crippen LogP contribution in [0, 0.1) is 11.3 Å². The lowest BCUT2D eigenvalue weighted by Gasteiger charge is -2.41. The first kappa shape index (κ1) is 18.4. The number of pyridine rings is 1. The molecule has 0 saturated heterocycles. The third-order valence-corrected chi connectivity index (χ3v) is 5.50. The predicted octanol–water partition coefficient (Wildman–Crippen LogP) is 3.70. The van der Waals surface area contributed by atoms with Crippen LogP contribution in [0.15, 0.2) is 30.5 Å². The maximum absolute atomic E-state index is 9.11. The number of aryl methyl sites for hydroxylation is 1. The first-order chi connectivity index (χ1) is 12.5. The minimum atomic E-state index is 0.174. The second kappa shape index (κ2) is 7.47. The van der Waals surface area contributed by atoms with Crippen LogP contribution < -0.4 is 10.6 Å². The zero-order valence-electron chi connectivity index (χ0n) is 16.0. The third kappa shape index (κ3) is 3.59. The molecule has 0 unspecified atom stereocenters. The summed E-state index contributed by atoms with van der Waals surface area (Å²) in [6.45, 7) is 9.38. The van der Waals surface area contributed by atoms with Gasteiger partial charge in [-0.3, -0.25) is 0 Å². The number of benzene rings is 1. The SMILES string of the molecule is CCc1cc2c(cc1CCN)N(Cc1ccnc(C#N)c1)CCC2(C)C. The topological polar surface area (TPSA) is 65.9 Å². The van der Waals surface area contributed by atoms with Gasteiger partial charge in [-0.2, -0.15) is 5.26 Å². The number of hydrogen-bond donors (Lipinski definition) is 1. The first-order valence-electron chi connectivity index (χ1n) is 9.45. The molecule has 0 fully saturated rings. The molecule has 2 heterocycles. The fourth-order valence-electron chi connectivity index (χ4n) is 3.89. The van der Waals surface area contributed by atoms with Gasteiger partial charge >= 0.3 is 0 Å². The summed E-state index contributed by atoms with van der Waals surface area (Å²) in [4.78, 5) is 6.53. The van der Waals surface area contributed by atoms with Crippen molar-refractivity contribution in [2.24, 2.45) is 5.73 Å². The molecule has 26 heavy (non-hydrogen) atoms. The molecule has 136 valence electrons. The van der Waals surface area contributed by atoms with E-state index in [4.69, 9.17) is 11.0 Å². The average molecular weight is 348 g/mol. The molecule has 4 heteroatoms. The van der Waals surface area contributed by atoms with E-state index in [0.717, 1.165) is 37.9 Å². The highest BCUT2D eigenvalue weighted by Crippen LogP contribution is 2.42. The number of nitrogens with two attached hydrogens (primary N) is 1. The molecule has 0 radical (unpaired) electrons. The molecule has 0 bridgehead atoms. The van der Waals surface area contributed by atoms with Crippen LogP contribution in [0.1, 0.15) is 55.1 Å². The van der Waals surface area contributed by atoms with Crippen LogP contribution in [0.25, 0.3) is 0 Å². The summed E-state index contributed by atoms with van der Waals surface area (Å²) >= 11 is 0. The van der Waals surface area contributed by atoms with Crippen molar-refractivity contribution in [1.29, 1.82) is 5.26 Å². The zero-order valence-corrected chi connectivity index (χ0v) is 16.0. The van der Waals surface area contributed by atoms with Crippen molar-refractivity contribution in [3.05, 3.63) is 58.4 Å². The molecule has 1 aromatic carbocycles. The van der Waals surface area contributed by atoms with Gasteiger partial charge in [-0.15, -0.1) is 0 Å². The number of aromatic nitrogens is 1.